The number of nitrogens with zero attached hydrogens (tertiary/aromatic N) is 1. The van der Waals surface area contributed by atoms with E-state index in [2.05, 4.69) is 10.6 Å². The molecule has 0 aromatic heterocycles. The van der Waals surface area contributed by atoms with E-state index >= 15 is 0 Å². The lowest BCUT2D eigenvalue weighted by Crippen LogP contribution is -2.40. The zero-order chi connectivity index (χ0) is 12.0. The van der Waals surface area contributed by atoms with Crippen molar-refractivity contribution in [3.8, 4) is 6.07 Å². The van der Waals surface area contributed by atoms with E-state index < -0.39 is 6.04 Å². The summed E-state index contributed by atoms with van der Waals surface area (Å²) >= 11 is 0. The number of benzene rings is 1. The lowest BCUT2D eigenvalue weighted by Gasteiger charge is -2.15. The standard InChI is InChI=1S/C12H15N3O/c1-9(2)11(8-13)15-12(16)14-10-6-4-3-5-7-10/h3-7,9,11H,1-2H3,(H2,14,15,16). The van der Waals surface area contributed by atoms with Crippen LogP contribution in [0.1, 0.15) is 13.8 Å². The summed E-state index contributed by atoms with van der Waals surface area (Å²) in [5, 5.41) is 14.1. The monoisotopic (exact) mass is 217 g/mol. The first kappa shape index (κ1) is 12.1. The van der Waals surface area contributed by atoms with Gasteiger partial charge in [0, 0.05) is 5.69 Å². The van der Waals surface area contributed by atoms with Crippen LogP contribution in [0.4, 0.5) is 10.5 Å². The summed E-state index contributed by atoms with van der Waals surface area (Å²) in [6.45, 7) is 3.77. The highest BCUT2D eigenvalue weighted by atomic mass is 16.2. The molecule has 0 aliphatic rings. The van der Waals surface area contributed by atoms with Gasteiger partial charge in [0.05, 0.1) is 6.07 Å². The van der Waals surface area contributed by atoms with Gasteiger partial charge in [0.15, 0.2) is 0 Å². The van der Waals surface area contributed by atoms with Crippen molar-refractivity contribution in [1.82, 2.24) is 5.32 Å². The Morgan fingerprint density at radius 2 is 1.94 bits per heavy atom. The highest BCUT2D eigenvalue weighted by Crippen LogP contribution is 2.05. The summed E-state index contributed by atoms with van der Waals surface area (Å²) < 4.78 is 0. The summed E-state index contributed by atoms with van der Waals surface area (Å²) in [5.74, 6) is 0.0894. The van der Waals surface area contributed by atoms with E-state index in [-0.39, 0.29) is 11.9 Å². The van der Waals surface area contributed by atoms with Crippen LogP contribution in [-0.4, -0.2) is 12.1 Å². The van der Waals surface area contributed by atoms with E-state index in [1.807, 2.05) is 38.1 Å². The molecule has 1 aromatic rings. The number of urea groups is 1. The minimum atomic E-state index is -0.469. The molecule has 0 saturated heterocycles. The third-order valence-corrected chi connectivity index (χ3v) is 2.12. The predicted octanol–water partition coefficient (Wildman–Crippen LogP) is 2.36. The maximum Gasteiger partial charge on any atom is 0.320 e. The van der Waals surface area contributed by atoms with Crippen molar-refractivity contribution in [3.05, 3.63) is 30.3 Å². The topological polar surface area (TPSA) is 64.9 Å². The van der Waals surface area contributed by atoms with Crippen LogP contribution in [0.5, 0.6) is 0 Å². The summed E-state index contributed by atoms with van der Waals surface area (Å²) in [4.78, 5) is 11.5. The number of carbonyl (C=O) groups is 1. The van der Waals surface area contributed by atoms with Crippen molar-refractivity contribution in [3.63, 3.8) is 0 Å². The number of anilines is 1. The molecule has 84 valence electrons. The predicted molar refractivity (Wildman–Crippen MR) is 62.8 cm³/mol. The van der Waals surface area contributed by atoms with Crippen LogP contribution < -0.4 is 10.6 Å². The molecule has 16 heavy (non-hydrogen) atoms. The number of para-hydroxylation sites is 1. The van der Waals surface area contributed by atoms with Crippen molar-refractivity contribution >= 4 is 11.7 Å². The Kier molecular flexibility index (Phi) is 4.34. The number of amides is 2. The van der Waals surface area contributed by atoms with Gasteiger partial charge >= 0.3 is 6.03 Å². The number of nitriles is 1. The van der Waals surface area contributed by atoms with E-state index in [1.165, 1.54) is 0 Å². The van der Waals surface area contributed by atoms with Crippen LogP contribution in [0.15, 0.2) is 30.3 Å². The first-order chi connectivity index (χ1) is 7.63. The molecule has 1 rings (SSSR count). The SMILES string of the molecule is CC(C)C(C#N)NC(=O)Nc1ccccc1. The molecule has 4 nitrogen and oxygen atoms in total. The minimum absolute atomic E-state index is 0.0894. The van der Waals surface area contributed by atoms with Gasteiger partial charge in [-0.25, -0.2) is 4.79 Å². The Morgan fingerprint density at radius 1 is 1.31 bits per heavy atom. The van der Waals surface area contributed by atoms with E-state index in [0.717, 1.165) is 0 Å². The molecule has 2 N–H and O–H groups in total. The van der Waals surface area contributed by atoms with Crippen molar-refractivity contribution < 1.29 is 4.79 Å². The Morgan fingerprint density at radius 3 is 2.44 bits per heavy atom. The van der Waals surface area contributed by atoms with Crippen LogP contribution in [0.25, 0.3) is 0 Å². The summed E-state index contributed by atoms with van der Waals surface area (Å²) in [7, 11) is 0. The molecule has 1 unspecified atom stereocenters. The van der Waals surface area contributed by atoms with Gasteiger partial charge in [-0.05, 0) is 18.1 Å². The molecule has 0 aliphatic carbocycles. The molecule has 0 fully saturated rings. The zero-order valence-electron chi connectivity index (χ0n) is 9.40. The van der Waals surface area contributed by atoms with Gasteiger partial charge in [0.25, 0.3) is 0 Å². The van der Waals surface area contributed by atoms with Crippen molar-refractivity contribution in [2.45, 2.75) is 19.9 Å². The van der Waals surface area contributed by atoms with E-state index in [1.54, 1.807) is 12.1 Å². The number of rotatable bonds is 3. The summed E-state index contributed by atoms with van der Waals surface area (Å²) in [6, 6.07) is 10.3. The molecule has 2 amide bonds. The molecule has 0 saturated carbocycles. The van der Waals surface area contributed by atoms with Crippen molar-refractivity contribution in [1.29, 1.82) is 5.26 Å². The van der Waals surface area contributed by atoms with Crippen LogP contribution >= 0.6 is 0 Å². The molecule has 0 radical (unpaired) electrons. The number of hydrogen-bond donors (Lipinski definition) is 2. The fraction of sp³-hybridized carbons (Fsp3) is 0.333. The third-order valence-electron chi connectivity index (χ3n) is 2.12. The van der Waals surface area contributed by atoms with E-state index in [4.69, 9.17) is 5.26 Å². The van der Waals surface area contributed by atoms with Gasteiger partial charge in [-0.15, -0.1) is 0 Å². The highest BCUT2D eigenvalue weighted by molar-refractivity contribution is 5.89. The fourth-order valence-electron chi connectivity index (χ4n) is 1.18. The van der Waals surface area contributed by atoms with Crippen LogP contribution in [0, 0.1) is 17.2 Å². The Hall–Kier alpha value is -2.02. The highest BCUT2D eigenvalue weighted by Gasteiger charge is 2.14. The first-order valence-electron chi connectivity index (χ1n) is 5.15. The second-order valence-electron chi connectivity index (χ2n) is 3.82. The lowest BCUT2D eigenvalue weighted by atomic mass is 10.1. The van der Waals surface area contributed by atoms with Crippen LogP contribution in [-0.2, 0) is 0 Å². The van der Waals surface area contributed by atoms with Gasteiger partial charge < -0.3 is 10.6 Å². The average molecular weight is 217 g/mol. The third kappa shape index (κ3) is 3.62. The molecule has 0 aliphatic heterocycles. The Balaban J connectivity index is 2.52. The molecule has 0 heterocycles. The molecule has 1 atom stereocenters. The zero-order valence-corrected chi connectivity index (χ0v) is 9.40. The molecular formula is C12H15N3O. The number of carbonyl (C=O) groups excluding carboxylic acids is 1. The number of nitrogens with one attached hydrogen (secondary N) is 2. The second-order valence-corrected chi connectivity index (χ2v) is 3.82. The van der Waals surface area contributed by atoms with Crippen LogP contribution in [0.2, 0.25) is 0 Å². The smallest absolute Gasteiger partial charge is 0.320 e. The normalized spacial score (nSPS) is 11.6. The van der Waals surface area contributed by atoms with Gasteiger partial charge in [-0.1, -0.05) is 32.0 Å². The Labute approximate surface area is 95.3 Å². The Bertz CT molecular complexity index is 381. The lowest BCUT2D eigenvalue weighted by molar-refractivity contribution is 0.248. The summed E-state index contributed by atoms with van der Waals surface area (Å²) in [6.07, 6.45) is 0. The van der Waals surface area contributed by atoms with Gasteiger partial charge in [0.2, 0.25) is 0 Å². The van der Waals surface area contributed by atoms with Gasteiger partial charge in [0.1, 0.15) is 6.04 Å². The van der Waals surface area contributed by atoms with Gasteiger partial charge in [-0.2, -0.15) is 5.26 Å². The van der Waals surface area contributed by atoms with Gasteiger partial charge in [-0.3, -0.25) is 0 Å². The molecule has 4 heteroatoms. The van der Waals surface area contributed by atoms with Crippen molar-refractivity contribution in [2.24, 2.45) is 5.92 Å². The van der Waals surface area contributed by atoms with E-state index in [9.17, 15) is 4.79 Å². The fourth-order valence-corrected chi connectivity index (χ4v) is 1.18. The molecule has 0 bridgehead atoms. The quantitative estimate of drug-likeness (QED) is 0.816. The summed E-state index contributed by atoms with van der Waals surface area (Å²) in [5.41, 5.74) is 0.709. The van der Waals surface area contributed by atoms with Crippen LogP contribution in [0.3, 0.4) is 0 Å². The largest absolute Gasteiger partial charge is 0.322 e. The molecule has 1 aromatic carbocycles. The average Bonchev–Trinajstić information content (AvgIpc) is 2.27. The molecule has 0 spiro atoms. The second kappa shape index (κ2) is 5.76. The minimum Gasteiger partial charge on any atom is -0.322 e. The maximum absolute atomic E-state index is 11.5. The number of hydrogen-bond acceptors (Lipinski definition) is 2. The van der Waals surface area contributed by atoms with E-state index in [0.29, 0.717) is 5.69 Å². The first-order valence-corrected chi connectivity index (χ1v) is 5.15. The maximum atomic E-state index is 11.5. The molecular weight excluding hydrogens is 202 g/mol. The van der Waals surface area contributed by atoms with Crippen molar-refractivity contribution in [2.75, 3.05) is 5.32 Å².